The molecule has 8 heteroatoms. The predicted octanol–water partition coefficient (Wildman–Crippen LogP) is 4.72. The Morgan fingerprint density at radius 3 is 1.50 bits per heavy atom. The maximum atomic E-state index is 13.8. The van der Waals surface area contributed by atoms with E-state index in [0.717, 1.165) is 5.57 Å². The summed E-state index contributed by atoms with van der Waals surface area (Å²) in [4.78, 5) is 57.8. The first-order valence-corrected chi connectivity index (χ1v) is 12.7. The molecule has 2 aliphatic heterocycles. The first-order chi connectivity index (χ1) is 16.2. The van der Waals surface area contributed by atoms with Gasteiger partial charge in [-0.25, -0.2) is 9.80 Å². The second-order valence-electron chi connectivity index (χ2n) is 9.71. The van der Waals surface area contributed by atoms with Crippen LogP contribution in [0.2, 0.25) is 0 Å². The van der Waals surface area contributed by atoms with Crippen molar-refractivity contribution in [3.63, 3.8) is 0 Å². The summed E-state index contributed by atoms with van der Waals surface area (Å²) in [5.41, 5.74) is 0.935. The molecule has 2 unspecified atom stereocenters. The fourth-order valence-electron chi connectivity index (χ4n) is 6.90. The molecule has 3 fully saturated rings. The van der Waals surface area contributed by atoms with Crippen molar-refractivity contribution in [2.45, 2.75) is 13.8 Å². The van der Waals surface area contributed by atoms with Crippen LogP contribution in [0, 0.1) is 35.0 Å². The van der Waals surface area contributed by atoms with Crippen molar-refractivity contribution in [2.24, 2.45) is 35.0 Å². The van der Waals surface area contributed by atoms with Crippen LogP contribution in [0.4, 0.5) is 11.4 Å². The van der Waals surface area contributed by atoms with Crippen molar-refractivity contribution in [3.8, 4) is 0 Å². The Labute approximate surface area is 213 Å². The summed E-state index contributed by atoms with van der Waals surface area (Å²) in [7, 11) is 0. The Bertz CT molecular complexity index is 1260. The minimum atomic E-state index is -0.945. The van der Waals surface area contributed by atoms with Gasteiger partial charge in [0, 0.05) is 20.3 Å². The van der Waals surface area contributed by atoms with Crippen LogP contribution in [0.5, 0.6) is 0 Å². The number of hydrogen-bond acceptors (Lipinski definition) is 4. The number of carbonyl (C=O) groups excluding carboxylic acids is 4. The monoisotopic (exact) mass is 582 g/mol. The van der Waals surface area contributed by atoms with Gasteiger partial charge in [0.15, 0.2) is 0 Å². The lowest BCUT2D eigenvalue weighted by Crippen LogP contribution is -2.57. The summed E-state index contributed by atoms with van der Waals surface area (Å²) >= 11 is 6.92. The largest absolute Gasteiger partial charge is 0.274 e. The topological polar surface area (TPSA) is 74.8 Å². The van der Waals surface area contributed by atoms with Gasteiger partial charge in [-0.1, -0.05) is 42.8 Å². The third kappa shape index (κ3) is 2.56. The van der Waals surface area contributed by atoms with Crippen LogP contribution >= 0.6 is 31.9 Å². The van der Waals surface area contributed by atoms with Crippen LogP contribution in [-0.4, -0.2) is 23.6 Å². The van der Waals surface area contributed by atoms with Crippen molar-refractivity contribution < 1.29 is 19.2 Å². The minimum Gasteiger partial charge on any atom is -0.274 e. The quantitative estimate of drug-likeness (QED) is 0.379. The fourth-order valence-corrected chi connectivity index (χ4v) is 7.83. The van der Waals surface area contributed by atoms with E-state index in [1.807, 2.05) is 32.1 Å². The van der Waals surface area contributed by atoms with Crippen molar-refractivity contribution in [3.05, 3.63) is 69.1 Å². The Morgan fingerprint density at radius 1 is 0.676 bits per heavy atom. The number of hydrogen-bond donors (Lipinski definition) is 0. The first kappa shape index (κ1) is 21.9. The second kappa shape index (κ2) is 7.21. The zero-order chi connectivity index (χ0) is 24.1. The molecule has 0 N–H and O–H groups in total. The van der Waals surface area contributed by atoms with Crippen LogP contribution in [0.3, 0.4) is 0 Å². The Hall–Kier alpha value is -2.58. The van der Waals surface area contributed by atoms with E-state index in [-0.39, 0.29) is 23.6 Å². The number of carbonyl (C=O) groups is 4. The number of imide groups is 2. The molecule has 1 saturated carbocycles. The number of nitrogens with zero attached hydrogens (tertiary/aromatic N) is 2. The number of rotatable bonds is 2. The molecule has 6 atom stereocenters. The van der Waals surface area contributed by atoms with E-state index in [1.165, 1.54) is 9.80 Å². The summed E-state index contributed by atoms with van der Waals surface area (Å²) in [6, 6.07) is 14.2. The maximum absolute atomic E-state index is 13.8. The molecule has 2 aromatic carbocycles. The zero-order valence-electron chi connectivity index (χ0n) is 18.4. The van der Waals surface area contributed by atoms with E-state index in [9.17, 15) is 19.2 Å². The molecular formula is C26H20Br2N2O4. The first-order valence-electron chi connectivity index (χ1n) is 11.1. The third-order valence-corrected chi connectivity index (χ3v) is 9.41. The second-order valence-corrected chi connectivity index (χ2v) is 11.4. The molecule has 4 amide bonds. The van der Waals surface area contributed by atoms with Gasteiger partial charge in [-0.2, -0.15) is 0 Å². The summed E-state index contributed by atoms with van der Waals surface area (Å²) < 4.78 is 1.29. The number of para-hydroxylation sites is 2. The van der Waals surface area contributed by atoms with Crippen LogP contribution < -0.4 is 9.80 Å². The maximum Gasteiger partial charge on any atom is 0.238 e. The lowest BCUT2D eigenvalue weighted by Gasteiger charge is -2.53. The number of anilines is 2. The Morgan fingerprint density at radius 2 is 1.09 bits per heavy atom. The van der Waals surface area contributed by atoms with Gasteiger partial charge in [-0.15, -0.1) is 0 Å². The van der Waals surface area contributed by atoms with Crippen LogP contribution in [0.1, 0.15) is 13.8 Å². The summed E-state index contributed by atoms with van der Waals surface area (Å²) in [6.07, 6.45) is 1.98. The number of allylic oxidation sites excluding steroid dienone is 2. The van der Waals surface area contributed by atoms with E-state index in [4.69, 9.17) is 0 Å². The molecule has 0 radical (unpaired) electrons. The van der Waals surface area contributed by atoms with Gasteiger partial charge < -0.3 is 0 Å². The SMILES string of the molecule is CC1=CC2(C)[C@@H]3C(=O)N(c4ccccc4Br)C(=O)[C@H]3C1[C@H]1C(=O)N(c3ccccc3Br)C(=O)[C@@H]12. The molecule has 2 bridgehead atoms. The summed E-state index contributed by atoms with van der Waals surface area (Å²) in [5, 5.41) is 0. The van der Waals surface area contributed by atoms with E-state index >= 15 is 0 Å². The van der Waals surface area contributed by atoms with Gasteiger partial charge in [-0.05, 0) is 63.0 Å². The van der Waals surface area contributed by atoms with Gasteiger partial charge in [0.2, 0.25) is 23.6 Å². The van der Waals surface area contributed by atoms with Gasteiger partial charge in [0.05, 0.1) is 35.0 Å². The molecule has 0 aromatic heterocycles. The molecule has 2 heterocycles. The lowest BCUT2D eigenvalue weighted by molar-refractivity contribution is -0.146. The minimum absolute atomic E-state index is 0.302. The van der Waals surface area contributed by atoms with E-state index in [1.54, 1.807) is 36.4 Å². The van der Waals surface area contributed by atoms with Gasteiger partial charge in [0.1, 0.15) is 0 Å². The molecule has 172 valence electrons. The molecular weight excluding hydrogens is 564 g/mol. The number of halogens is 2. The van der Waals surface area contributed by atoms with Crippen molar-refractivity contribution >= 4 is 66.9 Å². The highest BCUT2D eigenvalue weighted by Gasteiger charge is 2.74. The van der Waals surface area contributed by atoms with E-state index in [0.29, 0.717) is 20.3 Å². The average molecular weight is 584 g/mol. The molecule has 7 rings (SSSR count). The molecule has 34 heavy (non-hydrogen) atoms. The van der Waals surface area contributed by atoms with Gasteiger partial charge in [-0.3, -0.25) is 19.2 Å². The molecule has 2 aromatic rings. The summed E-state index contributed by atoms with van der Waals surface area (Å²) in [5.74, 6) is -4.46. The third-order valence-electron chi connectivity index (χ3n) is 8.07. The van der Waals surface area contributed by atoms with Crippen LogP contribution in [-0.2, 0) is 19.2 Å². The molecule has 6 nitrogen and oxygen atoms in total. The van der Waals surface area contributed by atoms with Crippen LogP contribution in [0.15, 0.2) is 69.1 Å². The van der Waals surface area contributed by atoms with Crippen molar-refractivity contribution in [2.75, 3.05) is 9.80 Å². The highest BCUT2D eigenvalue weighted by molar-refractivity contribution is 9.11. The Kier molecular flexibility index (Phi) is 4.65. The highest BCUT2D eigenvalue weighted by Crippen LogP contribution is 2.66. The number of benzene rings is 2. The standard InChI is InChI=1S/C26H20Br2N2O4/c1-12-11-26(2)20-18(22(31)29(24(20)33)15-9-5-3-7-13(15)27)17(12)19-21(26)25(34)30(23(19)32)16-10-6-4-8-14(16)28/h3-11,17-21H,1-2H3/t17?,18-,19+,20-,21+,26?. The number of amides is 4. The Balaban J connectivity index is 1.50. The highest BCUT2D eigenvalue weighted by atomic mass is 79.9. The van der Waals surface area contributed by atoms with Gasteiger partial charge >= 0.3 is 0 Å². The van der Waals surface area contributed by atoms with E-state index in [2.05, 4.69) is 31.9 Å². The van der Waals surface area contributed by atoms with E-state index < -0.39 is 35.0 Å². The van der Waals surface area contributed by atoms with Crippen molar-refractivity contribution in [1.29, 1.82) is 0 Å². The molecule has 0 spiro atoms. The summed E-state index contributed by atoms with van der Waals surface area (Å²) in [6.45, 7) is 3.78. The van der Waals surface area contributed by atoms with Crippen molar-refractivity contribution in [1.82, 2.24) is 0 Å². The average Bonchev–Trinajstić information content (AvgIpc) is 3.21. The molecule has 2 saturated heterocycles. The van der Waals surface area contributed by atoms with Crippen LogP contribution in [0.25, 0.3) is 0 Å². The zero-order valence-corrected chi connectivity index (χ0v) is 21.5. The normalized spacial score (nSPS) is 34.0. The molecule has 3 aliphatic carbocycles. The lowest BCUT2D eigenvalue weighted by atomic mass is 9.46. The predicted molar refractivity (Wildman–Crippen MR) is 133 cm³/mol. The smallest absolute Gasteiger partial charge is 0.238 e. The molecule has 5 aliphatic rings. The fraction of sp³-hybridized carbons (Fsp3) is 0.308. The van der Waals surface area contributed by atoms with Gasteiger partial charge in [0.25, 0.3) is 0 Å².